The summed E-state index contributed by atoms with van der Waals surface area (Å²) < 4.78 is 51.1. The summed E-state index contributed by atoms with van der Waals surface area (Å²) in [5.74, 6) is 0. The molecule has 0 spiro atoms. The lowest BCUT2D eigenvalue weighted by atomic mass is 9.70. The molecule has 2 atom stereocenters. The molecule has 1 aliphatic carbocycles. The van der Waals surface area contributed by atoms with E-state index in [0.717, 1.165) is 0 Å². The van der Waals surface area contributed by atoms with Crippen LogP contribution in [0.4, 0.5) is 13.2 Å². The minimum absolute atomic E-state index is 0.0849. The van der Waals surface area contributed by atoms with Crippen molar-refractivity contribution in [2.24, 2.45) is 10.8 Å². The van der Waals surface area contributed by atoms with E-state index in [-0.39, 0.29) is 30.7 Å². The predicted octanol–water partition coefficient (Wildman–Crippen LogP) is 4.33. The third kappa shape index (κ3) is 2.84. The Morgan fingerprint density at radius 2 is 1.65 bits per heavy atom. The van der Waals surface area contributed by atoms with E-state index in [0.29, 0.717) is 13.0 Å². The first-order chi connectivity index (χ1) is 8.88. The monoisotopic (exact) mass is 294 g/mol. The van der Waals surface area contributed by atoms with Crippen molar-refractivity contribution in [1.82, 2.24) is 0 Å². The molecule has 1 saturated heterocycles. The molecule has 2 unspecified atom stereocenters. The Hall–Kier alpha value is -0.290. The third-order valence-electron chi connectivity index (χ3n) is 4.69. The Kier molecular flexibility index (Phi) is 3.70. The molecule has 0 aromatic heterocycles. The van der Waals surface area contributed by atoms with Crippen LogP contribution in [0, 0.1) is 10.8 Å². The maximum Gasteiger partial charge on any atom is 0.395 e. The van der Waals surface area contributed by atoms with Crippen molar-refractivity contribution >= 4 is 0 Å². The number of ether oxygens (including phenoxy) is 2. The van der Waals surface area contributed by atoms with E-state index in [1.165, 1.54) is 0 Å². The Bertz CT molecular complexity index is 364. The fourth-order valence-electron chi connectivity index (χ4n) is 3.23. The lowest BCUT2D eigenvalue weighted by molar-refractivity contribution is -0.253. The lowest BCUT2D eigenvalue weighted by Crippen LogP contribution is -2.53. The molecular weight excluding hydrogens is 269 g/mol. The molecule has 2 fully saturated rings. The van der Waals surface area contributed by atoms with E-state index < -0.39 is 17.0 Å². The van der Waals surface area contributed by atoms with Crippen molar-refractivity contribution in [3.8, 4) is 0 Å². The van der Waals surface area contributed by atoms with Gasteiger partial charge in [0.15, 0.2) is 0 Å². The predicted molar refractivity (Wildman–Crippen MR) is 70.5 cm³/mol. The van der Waals surface area contributed by atoms with Gasteiger partial charge in [0.1, 0.15) is 6.10 Å². The SMILES string of the molecule is CC(C)(C)OC1COC1CC(C)(C)C1(C(F)(F)F)CC1. The summed E-state index contributed by atoms with van der Waals surface area (Å²) in [4.78, 5) is 0. The molecule has 2 rings (SSSR count). The number of alkyl halides is 3. The fraction of sp³-hybridized carbons (Fsp3) is 1.00. The van der Waals surface area contributed by atoms with Crippen LogP contribution in [0.1, 0.15) is 53.9 Å². The number of hydrogen-bond donors (Lipinski definition) is 0. The molecule has 2 aliphatic rings. The van der Waals surface area contributed by atoms with Gasteiger partial charge in [0.25, 0.3) is 0 Å². The molecule has 0 amide bonds. The van der Waals surface area contributed by atoms with Crippen LogP contribution in [0.3, 0.4) is 0 Å². The van der Waals surface area contributed by atoms with E-state index in [4.69, 9.17) is 9.47 Å². The normalized spacial score (nSPS) is 30.0. The van der Waals surface area contributed by atoms with Gasteiger partial charge in [0.2, 0.25) is 0 Å². The van der Waals surface area contributed by atoms with Crippen LogP contribution in [-0.4, -0.2) is 30.6 Å². The van der Waals surface area contributed by atoms with Crippen LogP contribution in [0.5, 0.6) is 0 Å². The van der Waals surface area contributed by atoms with Gasteiger partial charge in [-0.1, -0.05) is 13.8 Å². The van der Waals surface area contributed by atoms with Crippen molar-refractivity contribution in [3.63, 3.8) is 0 Å². The summed E-state index contributed by atoms with van der Waals surface area (Å²) in [5.41, 5.74) is -2.63. The van der Waals surface area contributed by atoms with Crippen molar-refractivity contribution in [2.45, 2.75) is 77.9 Å². The van der Waals surface area contributed by atoms with Gasteiger partial charge in [-0.05, 0) is 45.4 Å². The average Bonchev–Trinajstić information content (AvgIpc) is 3.00. The maximum absolute atomic E-state index is 13.3. The Labute approximate surface area is 119 Å². The van der Waals surface area contributed by atoms with Gasteiger partial charge >= 0.3 is 6.18 Å². The Morgan fingerprint density at radius 3 is 1.95 bits per heavy atom. The highest BCUT2D eigenvalue weighted by Gasteiger charge is 2.70. The number of hydrogen-bond acceptors (Lipinski definition) is 2. The molecular formula is C15H25F3O2. The average molecular weight is 294 g/mol. The highest BCUT2D eigenvalue weighted by atomic mass is 19.4. The zero-order valence-electron chi connectivity index (χ0n) is 12.9. The number of rotatable bonds is 4. The van der Waals surface area contributed by atoms with Crippen LogP contribution < -0.4 is 0 Å². The second kappa shape index (κ2) is 4.60. The smallest absolute Gasteiger partial charge is 0.373 e. The summed E-state index contributed by atoms with van der Waals surface area (Å²) >= 11 is 0. The summed E-state index contributed by atoms with van der Waals surface area (Å²) in [6, 6.07) is 0. The minimum Gasteiger partial charge on any atom is -0.373 e. The molecule has 1 saturated carbocycles. The second-order valence-electron chi connectivity index (χ2n) is 7.81. The molecule has 1 heterocycles. The van der Waals surface area contributed by atoms with Crippen molar-refractivity contribution < 1.29 is 22.6 Å². The molecule has 0 radical (unpaired) electrons. The molecule has 0 aromatic rings. The van der Waals surface area contributed by atoms with Crippen molar-refractivity contribution in [3.05, 3.63) is 0 Å². The van der Waals surface area contributed by atoms with Gasteiger partial charge in [-0.3, -0.25) is 0 Å². The van der Waals surface area contributed by atoms with Gasteiger partial charge in [-0.25, -0.2) is 0 Å². The van der Waals surface area contributed by atoms with E-state index >= 15 is 0 Å². The molecule has 1 aliphatic heterocycles. The van der Waals surface area contributed by atoms with Gasteiger partial charge in [-0.15, -0.1) is 0 Å². The fourth-order valence-corrected chi connectivity index (χ4v) is 3.23. The van der Waals surface area contributed by atoms with Crippen molar-refractivity contribution in [1.29, 1.82) is 0 Å². The summed E-state index contributed by atoms with van der Waals surface area (Å²) in [5, 5.41) is 0. The number of halogens is 3. The molecule has 2 nitrogen and oxygen atoms in total. The van der Waals surface area contributed by atoms with Crippen LogP contribution in [0.2, 0.25) is 0 Å². The molecule has 118 valence electrons. The lowest BCUT2D eigenvalue weighted by Gasteiger charge is -2.46. The topological polar surface area (TPSA) is 18.5 Å². The molecule has 0 bridgehead atoms. The highest BCUT2D eigenvalue weighted by Crippen LogP contribution is 2.68. The Balaban J connectivity index is 2.00. The molecule has 5 heteroatoms. The minimum atomic E-state index is -4.12. The molecule has 0 N–H and O–H groups in total. The van der Waals surface area contributed by atoms with Gasteiger partial charge < -0.3 is 9.47 Å². The standard InChI is InChI=1S/C15H25F3O2/c1-12(2,3)20-11-9-19-10(11)8-13(4,5)14(6-7-14)15(16,17)18/h10-11H,6-9H2,1-5H3. The van der Waals surface area contributed by atoms with Gasteiger partial charge in [0, 0.05) is 0 Å². The zero-order chi connectivity index (χ0) is 15.4. The second-order valence-corrected chi connectivity index (χ2v) is 7.81. The van der Waals surface area contributed by atoms with Crippen LogP contribution in [-0.2, 0) is 9.47 Å². The highest BCUT2D eigenvalue weighted by molar-refractivity contribution is 5.09. The first-order valence-electron chi connectivity index (χ1n) is 7.24. The van der Waals surface area contributed by atoms with Gasteiger partial charge in [0.05, 0.1) is 23.7 Å². The summed E-state index contributed by atoms with van der Waals surface area (Å²) in [6.07, 6.45) is -3.56. The first-order valence-corrected chi connectivity index (χ1v) is 7.24. The Morgan fingerprint density at radius 1 is 1.10 bits per heavy atom. The van der Waals surface area contributed by atoms with Crippen LogP contribution in [0.15, 0.2) is 0 Å². The summed E-state index contributed by atoms with van der Waals surface area (Å²) in [6.45, 7) is 9.76. The van der Waals surface area contributed by atoms with Crippen molar-refractivity contribution in [2.75, 3.05) is 6.61 Å². The van der Waals surface area contributed by atoms with E-state index in [1.54, 1.807) is 13.8 Å². The maximum atomic E-state index is 13.3. The quantitative estimate of drug-likeness (QED) is 0.768. The third-order valence-corrected chi connectivity index (χ3v) is 4.69. The largest absolute Gasteiger partial charge is 0.395 e. The van der Waals surface area contributed by atoms with E-state index in [2.05, 4.69) is 0 Å². The molecule has 20 heavy (non-hydrogen) atoms. The zero-order valence-corrected chi connectivity index (χ0v) is 12.9. The van der Waals surface area contributed by atoms with Crippen LogP contribution >= 0.6 is 0 Å². The first kappa shape index (κ1) is 16.1. The summed E-state index contributed by atoms with van der Waals surface area (Å²) in [7, 11) is 0. The van der Waals surface area contributed by atoms with Crippen LogP contribution in [0.25, 0.3) is 0 Å². The van der Waals surface area contributed by atoms with Gasteiger partial charge in [-0.2, -0.15) is 13.2 Å². The van der Waals surface area contributed by atoms with E-state index in [1.807, 2.05) is 20.8 Å². The van der Waals surface area contributed by atoms with E-state index in [9.17, 15) is 13.2 Å². The molecule has 0 aromatic carbocycles.